The van der Waals surface area contributed by atoms with Gasteiger partial charge in [0.1, 0.15) is 17.8 Å². The number of aliphatic carboxylic acids is 1. The molecule has 0 aliphatic carbocycles. The molecule has 0 spiro atoms. The number of nitrogens with two attached hydrogens (primary N) is 2. The van der Waals surface area contributed by atoms with Crippen molar-refractivity contribution < 1.29 is 29.4 Å². The fourth-order valence-electron chi connectivity index (χ4n) is 2.75. The number of phenols is 1. The molecule has 166 valence electrons. The van der Waals surface area contributed by atoms with Crippen molar-refractivity contribution in [3.63, 3.8) is 0 Å². The molecule has 0 bridgehead atoms. The summed E-state index contributed by atoms with van der Waals surface area (Å²) in [5.74, 6) is -3.02. The normalized spacial score (nSPS) is 13.9. The molecule has 0 aliphatic heterocycles. The van der Waals surface area contributed by atoms with Gasteiger partial charge in [0.15, 0.2) is 0 Å². The van der Waals surface area contributed by atoms with E-state index in [2.05, 4.69) is 10.6 Å². The van der Waals surface area contributed by atoms with Crippen LogP contribution in [0.5, 0.6) is 5.75 Å². The van der Waals surface area contributed by atoms with E-state index in [9.17, 15) is 29.4 Å². The maximum atomic E-state index is 12.7. The number of nitrogens with one attached hydrogen (secondary N) is 2. The number of carbonyl (C=O) groups excluding carboxylic acids is 3. The van der Waals surface area contributed by atoms with E-state index in [1.165, 1.54) is 12.1 Å². The van der Waals surface area contributed by atoms with Crippen molar-refractivity contribution in [2.75, 3.05) is 0 Å². The molecule has 0 aromatic heterocycles. The number of rotatable bonds is 12. The molecule has 0 fully saturated rings. The minimum Gasteiger partial charge on any atom is -0.508 e. The number of carboxylic acids is 1. The third-order valence-electron chi connectivity index (χ3n) is 4.37. The quantitative estimate of drug-likeness (QED) is 0.265. The van der Waals surface area contributed by atoms with Crippen molar-refractivity contribution >= 4 is 23.7 Å². The molecule has 10 nitrogen and oxygen atoms in total. The zero-order chi connectivity index (χ0) is 22.8. The third-order valence-corrected chi connectivity index (χ3v) is 4.37. The summed E-state index contributed by atoms with van der Waals surface area (Å²) in [7, 11) is 0. The third kappa shape index (κ3) is 8.91. The summed E-state index contributed by atoms with van der Waals surface area (Å²) < 4.78 is 0. The van der Waals surface area contributed by atoms with E-state index in [-0.39, 0.29) is 37.4 Å². The fraction of sp³-hybridized carbons (Fsp3) is 0.500. The lowest BCUT2D eigenvalue weighted by atomic mass is 10.0. The van der Waals surface area contributed by atoms with Gasteiger partial charge in [0, 0.05) is 12.8 Å². The Bertz CT molecular complexity index is 750. The fourth-order valence-corrected chi connectivity index (χ4v) is 2.75. The van der Waals surface area contributed by atoms with Gasteiger partial charge < -0.3 is 32.3 Å². The van der Waals surface area contributed by atoms with E-state index in [1.54, 1.807) is 12.1 Å². The second-order valence-corrected chi connectivity index (χ2v) is 7.57. The molecular formula is C20H30N4O6. The molecule has 1 rings (SSSR count). The summed E-state index contributed by atoms with van der Waals surface area (Å²) in [6.45, 7) is 3.70. The van der Waals surface area contributed by atoms with Crippen LogP contribution in [0.3, 0.4) is 0 Å². The van der Waals surface area contributed by atoms with Gasteiger partial charge in [-0.15, -0.1) is 0 Å². The van der Waals surface area contributed by atoms with Crippen molar-refractivity contribution in [3.05, 3.63) is 29.8 Å². The monoisotopic (exact) mass is 422 g/mol. The van der Waals surface area contributed by atoms with E-state index < -0.39 is 41.8 Å². The molecule has 30 heavy (non-hydrogen) atoms. The maximum Gasteiger partial charge on any atom is 0.326 e. The number of carbonyl (C=O) groups is 4. The van der Waals surface area contributed by atoms with Crippen molar-refractivity contribution in [2.24, 2.45) is 17.4 Å². The first-order valence-electron chi connectivity index (χ1n) is 9.65. The molecule has 0 saturated heterocycles. The Hall–Kier alpha value is -3.14. The van der Waals surface area contributed by atoms with Gasteiger partial charge in [-0.1, -0.05) is 26.0 Å². The molecule has 1 aromatic carbocycles. The van der Waals surface area contributed by atoms with Crippen molar-refractivity contribution in [1.82, 2.24) is 10.6 Å². The molecule has 0 aliphatic rings. The van der Waals surface area contributed by atoms with Crippen molar-refractivity contribution in [3.8, 4) is 5.75 Å². The molecule has 0 radical (unpaired) electrons. The van der Waals surface area contributed by atoms with Crippen LogP contribution in [-0.2, 0) is 25.6 Å². The first-order valence-corrected chi connectivity index (χ1v) is 9.65. The Morgan fingerprint density at radius 2 is 1.57 bits per heavy atom. The van der Waals surface area contributed by atoms with E-state index in [0.717, 1.165) is 0 Å². The van der Waals surface area contributed by atoms with Gasteiger partial charge >= 0.3 is 5.97 Å². The minimum atomic E-state index is -1.23. The largest absolute Gasteiger partial charge is 0.508 e. The predicted octanol–water partition coefficient (Wildman–Crippen LogP) is -0.372. The number of primary amides is 1. The average Bonchev–Trinajstić information content (AvgIpc) is 2.65. The first kappa shape index (κ1) is 24.9. The van der Waals surface area contributed by atoms with Crippen LogP contribution in [0.4, 0.5) is 0 Å². The van der Waals surface area contributed by atoms with Gasteiger partial charge in [0.25, 0.3) is 0 Å². The number of phenolic OH excluding ortho intramolecular Hbond substituents is 1. The maximum absolute atomic E-state index is 12.7. The van der Waals surface area contributed by atoms with Crippen LogP contribution in [-0.4, -0.2) is 52.0 Å². The second kappa shape index (κ2) is 11.8. The van der Waals surface area contributed by atoms with Crippen LogP contribution in [0.25, 0.3) is 0 Å². The van der Waals surface area contributed by atoms with Gasteiger partial charge in [-0.2, -0.15) is 0 Å². The molecule has 3 amide bonds. The van der Waals surface area contributed by atoms with Crippen LogP contribution >= 0.6 is 0 Å². The highest BCUT2D eigenvalue weighted by Crippen LogP contribution is 2.12. The summed E-state index contributed by atoms with van der Waals surface area (Å²) in [4.78, 5) is 47.5. The van der Waals surface area contributed by atoms with Gasteiger partial charge in [-0.05, 0) is 36.5 Å². The number of aromatic hydroxyl groups is 1. The summed E-state index contributed by atoms with van der Waals surface area (Å²) in [5, 5.41) is 23.8. The highest BCUT2D eigenvalue weighted by Gasteiger charge is 2.28. The van der Waals surface area contributed by atoms with Gasteiger partial charge in [0.2, 0.25) is 17.7 Å². The summed E-state index contributed by atoms with van der Waals surface area (Å²) in [5.41, 5.74) is 11.4. The number of amides is 3. The standard InChI is InChI=1S/C20H30N4O6/c1-11(2)9-15(23-18(27)14(21)7-8-17(22)26)19(28)24-16(20(29)30)10-12-3-5-13(25)6-4-12/h3-6,11,14-16,25H,7-10,21H2,1-2H3,(H2,22,26)(H,23,27)(H,24,28)(H,29,30). The number of hydrogen-bond donors (Lipinski definition) is 6. The molecule has 10 heteroatoms. The predicted molar refractivity (Wildman–Crippen MR) is 109 cm³/mol. The van der Waals surface area contributed by atoms with Crippen LogP contribution in [0.2, 0.25) is 0 Å². The van der Waals surface area contributed by atoms with E-state index >= 15 is 0 Å². The minimum absolute atomic E-state index is 0.00181. The van der Waals surface area contributed by atoms with Crippen LogP contribution < -0.4 is 22.1 Å². The van der Waals surface area contributed by atoms with Crippen LogP contribution in [0.1, 0.15) is 38.7 Å². The van der Waals surface area contributed by atoms with E-state index in [0.29, 0.717) is 5.56 Å². The summed E-state index contributed by atoms with van der Waals surface area (Å²) >= 11 is 0. The summed E-state index contributed by atoms with van der Waals surface area (Å²) in [6.07, 6.45) is 0.243. The SMILES string of the molecule is CC(C)CC(NC(=O)C(N)CCC(N)=O)C(=O)NC(Cc1ccc(O)cc1)C(=O)O. The Morgan fingerprint density at radius 3 is 2.07 bits per heavy atom. The lowest BCUT2D eigenvalue weighted by molar-refractivity contribution is -0.142. The molecule has 3 unspecified atom stereocenters. The van der Waals surface area contributed by atoms with Crippen LogP contribution in [0, 0.1) is 5.92 Å². The average molecular weight is 422 g/mol. The lowest BCUT2D eigenvalue weighted by Gasteiger charge is -2.24. The molecule has 0 saturated carbocycles. The van der Waals surface area contributed by atoms with E-state index in [1.807, 2.05) is 13.8 Å². The Balaban J connectivity index is 2.83. The van der Waals surface area contributed by atoms with Gasteiger partial charge in [-0.25, -0.2) is 4.79 Å². The molecule has 8 N–H and O–H groups in total. The van der Waals surface area contributed by atoms with Gasteiger partial charge in [-0.3, -0.25) is 14.4 Å². The Morgan fingerprint density at radius 1 is 1.00 bits per heavy atom. The lowest BCUT2D eigenvalue weighted by Crippen LogP contribution is -2.55. The molecule has 3 atom stereocenters. The summed E-state index contributed by atoms with van der Waals surface area (Å²) in [6, 6.07) is 2.73. The zero-order valence-electron chi connectivity index (χ0n) is 17.1. The van der Waals surface area contributed by atoms with Crippen LogP contribution in [0.15, 0.2) is 24.3 Å². The highest BCUT2D eigenvalue weighted by molar-refractivity contribution is 5.92. The number of hydrogen-bond acceptors (Lipinski definition) is 6. The van der Waals surface area contributed by atoms with Gasteiger partial charge in [0.05, 0.1) is 6.04 Å². The molecular weight excluding hydrogens is 392 g/mol. The number of benzene rings is 1. The van der Waals surface area contributed by atoms with Crippen molar-refractivity contribution in [1.29, 1.82) is 0 Å². The Kier molecular flexibility index (Phi) is 9.76. The zero-order valence-corrected chi connectivity index (χ0v) is 17.1. The molecule has 0 heterocycles. The Labute approximate surface area is 175 Å². The molecule has 1 aromatic rings. The number of carboxylic acid groups (broad SMARTS) is 1. The van der Waals surface area contributed by atoms with Crippen molar-refractivity contribution in [2.45, 2.75) is 57.7 Å². The van der Waals surface area contributed by atoms with E-state index in [4.69, 9.17) is 11.5 Å². The highest BCUT2D eigenvalue weighted by atomic mass is 16.4. The topological polar surface area (TPSA) is 185 Å². The smallest absolute Gasteiger partial charge is 0.326 e. The second-order valence-electron chi connectivity index (χ2n) is 7.57. The first-order chi connectivity index (χ1) is 14.0.